The summed E-state index contributed by atoms with van der Waals surface area (Å²) in [6, 6.07) is 10.5. The van der Waals surface area contributed by atoms with Gasteiger partial charge in [0.05, 0.1) is 19.8 Å². The lowest BCUT2D eigenvalue weighted by atomic mass is 10.3. The molecule has 0 saturated carbocycles. The van der Waals surface area contributed by atoms with Crippen molar-refractivity contribution in [1.82, 2.24) is 9.62 Å². The van der Waals surface area contributed by atoms with Crippen LogP contribution in [-0.4, -0.2) is 51.0 Å². The smallest absolute Gasteiger partial charge is 0.261 e. The van der Waals surface area contributed by atoms with Gasteiger partial charge in [-0.15, -0.1) is 11.3 Å². The molecule has 1 aromatic heterocycles. The minimum absolute atomic E-state index is 0.246. The summed E-state index contributed by atoms with van der Waals surface area (Å²) in [5, 5.41) is 2.78. The number of hydrogen-bond acceptors (Lipinski definition) is 6. The van der Waals surface area contributed by atoms with Gasteiger partial charge in [-0.2, -0.15) is 4.31 Å². The number of amides is 1. The number of halogens is 1. The third kappa shape index (κ3) is 5.32. The molecule has 1 aliphatic heterocycles. The Bertz CT molecular complexity index is 908. The number of ether oxygens (including phenoxy) is 2. The quantitative estimate of drug-likeness (QED) is 0.647. The van der Waals surface area contributed by atoms with E-state index in [1.807, 2.05) is 12.1 Å². The van der Waals surface area contributed by atoms with Crippen LogP contribution in [0.15, 0.2) is 45.1 Å². The minimum Gasteiger partial charge on any atom is -0.481 e. The van der Waals surface area contributed by atoms with E-state index in [9.17, 15) is 13.2 Å². The van der Waals surface area contributed by atoms with Crippen LogP contribution in [0.1, 0.15) is 11.8 Å². The van der Waals surface area contributed by atoms with Gasteiger partial charge in [-0.05, 0) is 43.3 Å². The van der Waals surface area contributed by atoms with Crippen LogP contribution in [0.5, 0.6) is 5.75 Å². The van der Waals surface area contributed by atoms with Crippen molar-refractivity contribution in [2.24, 2.45) is 0 Å². The second kappa shape index (κ2) is 9.36. The molecule has 1 atom stereocenters. The number of carbonyl (C=O) groups excluding carboxylic acids is 1. The van der Waals surface area contributed by atoms with E-state index in [0.717, 1.165) is 20.7 Å². The Morgan fingerprint density at radius 2 is 1.93 bits per heavy atom. The highest BCUT2D eigenvalue weighted by Crippen LogP contribution is 2.25. The summed E-state index contributed by atoms with van der Waals surface area (Å²) in [5.41, 5.74) is 0. The Kier molecular flexibility index (Phi) is 7.10. The molecule has 1 amide bonds. The minimum atomic E-state index is -3.51. The topological polar surface area (TPSA) is 84.9 Å². The SMILES string of the molecule is CC(Oc1ccc(Br)cc1)C(=O)NCc1ccc(S(=O)(=O)N2CCOCC2)s1. The first-order valence-corrected chi connectivity index (χ1v) is 11.8. The molecule has 3 rings (SSSR count). The number of benzene rings is 1. The lowest BCUT2D eigenvalue weighted by Crippen LogP contribution is -2.40. The maximum absolute atomic E-state index is 12.6. The lowest BCUT2D eigenvalue weighted by Gasteiger charge is -2.25. The predicted octanol–water partition coefficient (Wildman–Crippen LogP) is 2.62. The second-order valence-electron chi connectivity index (χ2n) is 6.17. The van der Waals surface area contributed by atoms with E-state index in [2.05, 4.69) is 21.2 Å². The first-order valence-electron chi connectivity index (χ1n) is 8.73. The van der Waals surface area contributed by atoms with E-state index in [1.165, 1.54) is 4.31 Å². The van der Waals surface area contributed by atoms with Crippen LogP contribution >= 0.6 is 27.3 Å². The number of thiophene rings is 1. The van der Waals surface area contributed by atoms with Crippen molar-refractivity contribution in [3.05, 3.63) is 45.7 Å². The van der Waals surface area contributed by atoms with Gasteiger partial charge in [0.25, 0.3) is 15.9 Å². The maximum Gasteiger partial charge on any atom is 0.261 e. The van der Waals surface area contributed by atoms with Crippen LogP contribution in [0, 0.1) is 0 Å². The van der Waals surface area contributed by atoms with Crippen LogP contribution in [0.2, 0.25) is 0 Å². The highest BCUT2D eigenvalue weighted by atomic mass is 79.9. The average Bonchev–Trinajstić information content (AvgIpc) is 3.18. The van der Waals surface area contributed by atoms with E-state index in [4.69, 9.17) is 9.47 Å². The van der Waals surface area contributed by atoms with Gasteiger partial charge in [-0.1, -0.05) is 15.9 Å². The zero-order chi connectivity index (χ0) is 20.1. The molecule has 1 aliphatic rings. The molecule has 1 aromatic carbocycles. The molecule has 10 heteroatoms. The number of hydrogen-bond donors (Lipinski definition) is 1. The molecule has 1 fully saturated rings. The Hall–Kier alpha value is -1.46. The Morgan fingerprint density at radius 1 is 1.25 bits per heavy atom. The normalized spacial score (nSPS) is 16.5. The van der Waals surface area contributed by atoms with Gasteiger partial charge in [0.2, 0.25) is 0 Å². The predicted molar refractivity (Wildman–Crippen MR) is 110 cm³/mol. The summed E-state index contributed by atoms with van der Waals surface area (Å²) < 4.78 is 38.7. The summed E-state index contributed by atoms with van der Waals surface area (Å²) in [5.74, 6) is 0.328. The van der Waals surface area contributed by atoms with Crippen molar-refractivity contribution in [1.29, 1.82) is 0 Å². The summed E-state index contributed by atoms with van der Waals surface area (Å²) in [6.45, 7) is 3.44. The molecule has 7 nitrogen and oxygen atoms in total. The van der Waals surface area contributed by atoms with E-state index in [-0.39, 0.29) is 16.7 Å². The van der Waals surface area contributed by atoms with Gasteiger partial charge >= 0.3 is 0 Å². The second-order valence-corrected chi connectivity index (χ2v) is 10.4. The molecule has 28 heavy (non-hydrogen) atoms. The molecular formula is C18H21BrN2O5S2. The van der Waals surface area contributed by atoms with Crippen molar-refractivity contribution >= 4 is 43.2 Å². The first-order chi connectivity index (χ1) is 13.4. The number of rotatable bonds is 7. The molecular weight excluding hydrogens is 468 g/mol. The van der Waals surface area contributed by atoms with E-state index < -0.39 is 16.1 Å². The molecule has 152 valence electrons. The van der Waals surface area contributed by atoms with Crippen molar-refractivity contribution in [3.8, 4) is 5.75 Å². The van der Waals surface area contributed by atoms with E-state index in [1.54, 1.807) is 31.2 Å². The molecule has 0 bridgehead atoms. The molecule has 0 radical (unpaired) electrons. The van der Waals surface area contributed by atoms with Gasteiger partial charge in [-0.25, -0.2) is 8.42 Å². The number of carbonyl (C=O) groups is 1. The fourth-order valence-electron chi connectivity index (χ4n) is 2.59. The molecule has 2 aromatic rings. The monoisotopic (exact) mass is 488 g/mol. The van der Waals surface area contributed by atoms with Gasteiger partial charge < -0.3 is 14.8 Å². The zero-order valence-electron chi connectivity index (χ0n) is 15.3. The van der Waals surface area contributed by atoms with Crippen LogP contribution in [-0.2, 0) is 26.1 Å². The molecule has 1 N–H and O–H groups in total. The summed E-state index contributed by atoms with van der Waals surface area (Å²) in [4.78, 5) is 13.0. The number of nitrogens with zero attached hydrogens (tertiary/aromatic N) is 1. The fourth-order valence-corrected chi connectivity index (χ4v) is 5.72. The summed E-state index contributed by atoms with van der Waals surface area (Å²) in [7, 11) is -3.51. The molecule has 1 unspecified atom stereocenters. The largest absolute Gasteiger partial charge is 0.481 e. The van der Waals surface area contributed by atoms with Gasteiger partial charge in [0, 0.05) is 22.4 Å². The lowest BCUT2D eigenvalue weighted by molar-refractivity contribution is -0.127. The third-order valence-electron chi connectivity index (χ3n) is 4.13. The maximum atomic E-state index is 12.6. The molecule has 1 saturated heterocycles. The Labute approximate surface area is 176 Å². The van der Waals surface area contributed by atoms with Gasteiger partial charge in [0.15, 0.2) is 6.10 Å². The van der Waals surface area contributed by atoms with Crippen molar-refractivity contribution < 1.29 is 22.7 Å². The molecule has 0 spiro atoms. The summed E-state index contributed by atoms with van der Waals surface area (Å²) in [6.07, 6.45) is -0.669. The Balaban J connectivity index is 1.54. The standard InChI is InChI=1S/C18H21BrN2O5S2/c1-13(26-15-4-2-14(19)3-5-15)18(22)20-12-16-6-7-17(27-16)28(23,24)21-8-10-25-11-9-21/h2-7,13H,8-12H2,1H3,(H,20,22). The van der Waals surface area contributed by atoms with Crippen LogP contribution in [0.25, 0.3) is 0 Å². The molecule has 2 heterocycles. The van der Waals surface area contributed by atoms with Crippen LogP contribution in [0.4, 0.5) is 0 Å². The third-order valence-corrected chi connectivity index (χ3v) is 8.11. The van der Waals surface area contributed by atoms with Crippen molar-refractivity contribution in [2.45, 2.75) is 23.8 Å². The average molecular weight is 489 g/mol. The van der Waals surface area contributed by atoms with E-state index in [0.29, 0.717) is 32.1 Å². The van der Waals surface area contributed by atoms with Crippen molar-refractivity contribution in [3.63, 3.8) is 0 Å². The fraction of sp³-hybridized carbons (Fsp3) is 0.389. The number of nitrogens with one attached hydrogen (secondary N) is 1. The highest BCUT2D eigenvalue weighted by Gasteiger charge is 2.27. The highest BCUT2D eigenvalue weighted by molar-refractivity contribution is 9.10. The first kappa shape index (κ1) is 21.3. The van der Waals surface area contributed by atoms with E-state index >= 15 is 0 Å². The van der Waals surface area contributed by atoms with Gasteiger partial charge in [0.1, 0.15) is 9.96 Å². The van der Waals surface area contributed by atoms with Gasteiger partial charge in [-0.3, -0.25) is 4.79 Å². The number of sulfonamides is 1. The molecule has 0 aliphatic carbocycles. The van der Waals surface area contributed by atoms with Crippen LogP contribution < -0.4 is 10.1 Å². The van der Waals surface area contributed by atoms with Crippen molar-refractivity contribution in [2.75, 3.05) is 26.3 Å². The zero-order valence-corrected chi connectivity index (χ0v) is 18.5. The Morgan fingerprint density at radius 3 is 2.61 bits per heavy atom. The number of morpholine rings is 1. The summed E-state index contributed by atoms with van der Waals surface area (Å²) >= 11 is 4.51. The van der Waals surface area contributed by atoms with Crippen LogP contribution in [0.3, 0.4) is 0 Å².